The van der Waals surface area contributed by atoms with Crippen molar-refractivity contribution in [2.24, 2.45) is 0 Å². The molecule has 28 heavy (non-hydrogen) atoms. The van der Waals surface area contributed by atoms with Gasteiger partial charge in [-0.1, -0.05) is 0 Å². The molecule has 0 fully saturated rings. The summed E-state index contributed by atoms with van der Waals surface area (Å²) in [5.41, 5.74) is 6.90. The Kier molecular flexibility index (Phi) is 5.57. The Morgan fingerprint density at radius 1 is 1.14 bits per heavy atom. The average molecular weight is 486 g/mol. The average Bonchev–Trinajstić information content (AvgIpc) is 3.29. The van der Waals surface area contributed by atoms with Gasteiger partial charge in [-0.05, 0) is 0 Å². The molecule has 3 heteroatoms. The molecule has 3 aliphatic carbocycles. The second kappa shape index (κ2) is 7.44. The summed E-state index contributed by atoms with van der Waals surface area (Å²) in [6.45, 7) is 16.9. The fourth-order valence-corrected chi connectivity index (χ4v) is 17.1. The summed E-state index contributed by atoms with van der Waals surface area (Å²) < 4.78 is 5.14. The van der Waals surface area contributed by atoms with E-state index >= 15 is 0 Å². The van der Waals surface area contributed by atoms with Crippen LogP contribution in [0.1, 0.15) is 48.5 Å². The van der Waals surface area contributed by atoms with Crippen molar-refractivity contribution in [3.63, 3.8) is 0 Å². The Bertz CT molecular complexity index is 1010. The van der Waals surface area contributed by atoms with Crippen LogP contribution in [0.2, 0.25) is 0 Å². The predicted molar refractivity (Wildman–Crippen MR) is 127 cm³/mol. The van der Waals surface area contributed by atoms with Gasteiger partial charge in [0.2, 0.25) is 0 Å². The Balaban J connectivity index is 1.80. The zero-order chi connectivity index (χ0) is 20.4. The fraction of sp³-hybridized carbons (Fsp3) is 0.400. The summed E-state index contributed by atoms with van der Waals surface area (Å²) in [5.74, 6) is 0. The summed E-state index contributed by atoms with van der Waals surface area (Å²) in [7, 11) is -0.132. The molecule has 2 unspecified atom stereocenters. The van der Waals surface area contributed by atoms with Crippen LogP contribution in [-0.4, -0.2) is 20.3 Å². The van der Waals surface area contributed by atoms with E-state index in [9.17, 15) is 0 Å². The van der Waals surface area contributed by atoms with Crippen molar-refractivity contribution in [1.82, 2.24) is 0 Å². The standard InChI is InChI=1S/C13H18P.C9H7S.C3H6.Zr/c1-9-6-11-8-10(2)14(12(11)7-9)13(3,4)5;1-10-9-6-5-7-3-2-4-8(7)9;1-3-2;/h7-8,10H,1-5H3;2-3,5-6H,1H3;1-2H3;. The topological polar surface area (TPSA) is 0 Å². The molecule has 0 aromatic carbocycles. The Morgan fingerprint density at radius 3 is 2.46 bits per heavy atom. The van der Waals surface area contributed by atoms with Crippen LogP contribution < -0.4 is 0 Å². The minimum absolute atomic E-state index is 0.132. The summed E-state index contributed by atoms with van der Waals surface area (Å²) in [6, 6.07) is 0. The zero-order valence-electron chi connectivity index (χ0n) is 18.4. The second-order valence-corrected chi connectivity index (χ2v) is 20.4. The first kappa shape index (κ1) is 21.0. The van der Waals surface area contributed by atoms with Crippen LogP contribution in [0.15, 0.2) is 75.5 Å². The molecule has 1 heterocycles. The molecule has 0 N–H and O–H groups in total. The van der Waals surface area contributed by atoms with Crippen molar-refractivity contribution in [2.75, 3.05) is 6.26 Å². The van der Waals surface area contributed by atoms with Crippen molar-refractivity contribution in [1.29, 1.82) is 0 Å². The molecule has 0 nitrogen and oxygen atoms in total. The third-order valence-electron chi connectivity index (χ3n) is 5.98. The summed E-state index contributed by atoms with van der Waals surface area (Å²) in [4.78, 5) is 1.46. The number of hydrogen-bond acceptors (Lipinski definition) is 1. The van der Waals surface area contributed by atoms with E-state index in [-0.39, 0.29) is 7.92 Å². The van der Waals surface area contributed by atoms with E-state index < -0.39 is 21.3 Å². The van der Waals surface area contributed by atoms with Crippen LogP contribution in [0.5, 0.6) is 0 Å². The number of hydrogen-bond donors (Lipinski definition) is 0. The van der Waals surface area contributed by atoms with Gasteiger partial charge >= 0.3 is 185 Å². The van der Waals surface area contributed by atoms with Crippen LogP contribution >= 0.6 is 19.7 Å². The fourth-order valence-electron chi connectivity index (χ4n) is 5.09. The van der Waals surface area contributed by atoms with Crippen LogP contribution in [0.3, 0.4) is 0 Å². The van der Waals surface area contributed by atoms with Gasteiger partial charge in [0.15, 0.2) is 0 Å². The third kappa shape index (κ3) is 3.23. The molecule has 0 bridgehead atoms. The Morgan fingerprint density at radius 2 is 1.86 bits per heavy atom. The van der Waals surface area contributed by atoms with E-state index in [1.165, 1.54) is 10.5 Å². The van der Waals surface area contributed by atoms with E-state index in [0.717, 1.165) is 0 Å². The monoisotopic (exact) mass is 484 g/mol. The normalized spacial score (nSPS) is 25.7. The zero-order valence-corrected chi connectivity index (χ0v) is 22.6. The van der Waals surface area contributed by atoms with E-state index in [2.05, 4.69) is 91.2 Å². The van der Waals surface area contributed by atoms with E-state index in [1.54, 1.807) is 31.8 Å². The molecular weight excluding hydrogens is 455 g/mol. The Labute approximate surface area is 184 Å². The first-order valence-corrected chi connectivity index (χ1v) is 16.5. The maximum atomic E-state index is 2.64. The van der Waals surface area contributed by atoms with Gasteiger partial charge in [-0.2, -0.15) is 0 Å². The van der Waals surface area contributed by atoms with Crippen LogP contribution in [0.4, 0.5) is 0 Å². The van der Waals surface area contributed by atoms with Gasteiger partial charge in [-0.25, -0.2) is 0 Å². The molecule has 0 aromatic rings. The molecule has 2 atom stereocenters. The molecule has 0 radical (unpaired) electrons. The van der Waals surface area contributed by atoms with Crippen molar-refractivity contribution < 1.29 is 21.3 Å². The van der Waals surface area contributed by atoms with Crippen molar-refractivity contribution >= 4 is 22.9 Å². The third-order valence-corrected chi connectivity index (χ3v) is 17.7. The molecular formula is C25H31PSZr. The van der Waals surface area contributed by atoms with Gasteiger partial charge in [0.1, 0.15) is 0 Å². The van der Waals surface area contributed by atoms with Gasteiger partial charge in [-0.3, -0.25) is 0 Å². The number of rotatable bonds is 3. The van der Waals surface area contributed by atoms with Crippen molar-refractivity contribution in [2.45, 2.75) is 59.3 Å². The molecule has 0 saturated heterocycles. The molecule has 0 spiro atoms. The maximum absolute atomic E-state index is 2.64. The van der Waals surface area contributed by atoms with Gasteiger partial charge in [0.05, 0.1) is 0 Å². The summed E-state index contributed by atoms with van der Waals surface area (Å²) in [5, 5.41) is 2.06. The molecule has 0 aromatic heterocycles. The van der Waals surface area contributed by atoms with Crippen LogP contribution in [0.25, 0.3) is 0 Å². The summed E-state index contributed by atoms with van der Waals surface area (Å²) >= 11 is -0.232. The molecule has 0 saturated carbocycles. The Hall–Kier alpha value is -0.287. The number of thioether (sulfide) groups is 1. The van der Waals surface area contributed by atoms with Crippen molar-refractivity contribution in [3.8, 4) is 0 Å². The number of fused-ring (bicyclic) bond motifs is 2. The number of allylic oxidation sites excluding steroid dienone is 13. The van der Waals surface area contributed by atoms with E-state index in [1.807, 2.05) is 11.8 Å². The molecule has 0 amide bonds. The van der Waals surface area contributed by atoms with Gasteiger partial charge in [0.25, 0.3) is 0 Å². The van der Waals surface area contributed by atoms with Gasteiger partial charge in [0, 0.05) is 0 Å². The molecule has 4 rings (SSSR count). The minimum atomic E-state index is -2.13. The van der Waals surface area contributed by atoms with Gasteiger partial charge in [-0.15, -0.1) is 0 Å². The van der Waals surface area contributed by atoms with Gasteiger partial charge < -0.3 is 0 Å². The molecule has 4 aliphatic rings. The summed E-state index contributed by atoms with van der Waals surface area (Å²) in [6.07, 6.45) is 16.9. The van der Waals surface area contributed by atoms with Crippen LogP contribution in [0, 0.1) is 0 Å². The van der Waals surface area contributed by atoms with Crippen LogP contribution in [-0.2, 0) is 21.3 Å². The quantitative estimate of drug-likeness (QED) is 0.371. The predicted octanol–water partition coefficient (Wildman–Crippen LogP) is 7.61. The molecule has 146 valence electrons. The first-order chi connectivity index (χ1) is 13.1. The van der Waals surface area contributed by atoms with Crippen molar-refractivity contribution in [3.05, 3.63) is 75.5 Å². The van der Waals surface area contributed by atoms with E-state index in [4.69, 9.17) is 0 Å². The second-order valence-electron chi connectivity index (χ2n) is 9.30. The first-order valence-electron chi connectivity index (χ1n) is 10.2. The SMILES string of the molecule is CSC1=C2C(=CC=[C]2[Zr]([C]2=C(C)C=C3C2=CC(C)P3C(C)(C)C)=[C](C)C)C=C1. The molecule has 1 aliphatic heterocycles. The van der Waals surface area contributed by atoms with E-state index in [0.29, 0.717) is 10.8 Å².